The average Bonchev–Trinajstić information content (AvgIpc) is 3.52. The maximum absolute atomic E-state index is 12.9. The van der Waals surface area contributed by atoms with Crippen molar-refractivity contribution in [3.05, 3.63) is 89.4 Å². The van der Waals surface area contributed by atoms with Crippen LogP contribution < -0.4 is 14.8 Å². The summed E-state index contributed by atoms with van der Waals surface area (Å²) in [7, 11) is 0. The zero-order chi connectivity index (χ0) is 25.4. The second-order valence-electron chi connectivity index (χ2n) is 8.80. The molecule has 1 N–H and O–H groups in total. The smallest absolute Gasteiger partial charge is 0.226 e. The number of anilines is 1. The molecule has 1 atom stereocenters. The van der Waals surface area contributed by atoms with Crippen LogP contribution in [-0.4, -0.2) is 42.1 Å². The summed E-state index contributed by atoms with van der Waals surface area (Å²) in [5, 5.41) is 20.2. The average molecular weight is 496 g/mol. The molecule has 1 aliphatic rings. The summed E-state index contributed by atoms with van der Waals surface area (Å²) >= 11 is 0. The molecule has 37 heavy (non-hydrogen) atoms. The van der Waals surface area contributed by atoms with Crippen LogP contribution in [0.25, 0.3) is 11.5 Å². The van der Waals surface area contributed by atoms with Crippen LogP contribution >= 0.6 is 0 Å². The molecular formula is C27H25N7O3. The third-order valence-corrected chi connectivity index (χ3v) is 6.37. The number of hydrogen-bond donors (Lipinski definition) is 1. The van der Waals surface area contributed by atoms with Gasteiger partial charge in [-0.25, -0.2) is 0 Å². The summed E-state index contributed by atoms with van der Waals surface area (Å²) in [6.45, 7) is 4.81. The predicted molar refractivity (Wildman–Crippen MR) is 136 cm³/mol. The normalized spacial score (nSPS) is 14.9. The van der Waals surface area contributed by atoms with Gasteiger partial charge in [-0.05, 0) is 49.2 Å². The van der Waals surface area contributed by atoms with Gasteiger partial charge in [0.05, 0.1) is 12.3 Å². The van der Waals surface area contributed by atoms with Crippen LogP contribution in [0.15, 0.2) is 67.0 Å². The lowest BCUT2D eigenvalue weighted by Gasteiger charge is -2.25. The molecule has 4 heterocycles. The van der Waals surface area contributed by atoms with Crippen molar-refractivity contribution in [1.29, 1.82) is 0 Å². The number of nitrogens with zero attached hydrogens (tertiary/aromatic N) is 6. The molecule has 6 rings (SSSR count). The molecule has 0 saturated heterocycles. The molecule has 1 aliphatic heterocycles. The van der Waals surface area contributed by atoms with Gasteiger partial charge in [0, 0.05) is 17.9 Å². The second-order valence-corrected chi connectivity index (χ2v) is 8.80. The molecule has 2 aromatic carbocycles. The molecule has 0 fully saturated rings. The number of fused-ring (bicyclic) bond motifs is 2. The Morgan fingerprint density at radius 3 is 2.73 bits per heavy atom. The molecule has 5 aromatic rings. The molecule has 1 amide bonds. The van der Waals surface area contributed by atoms with Crippen LogP contribution in [0.2, 0.25) is 0 Å². The quantitative estimate of drug-likeness (QED) is 0.363. The first-order valence-corrected chi connectivity index (χ1v) is 12.1. The van der Waals surface area contributed by atoms with Crippen LogP contribution in [0, 0.1) is 6.92 Å². The Morgan fingerprint density at radius 1 is 1.03 bits per heavy atom. The Hall–Kier alpha value is -4.73. The summed E-state index contributed by atoms with van der Waals surface area (Å²) in [6.07, 6.45) is 1.83. The lowest BCUT2D eigenvalue weighted by molar-refractivity contribution is -0.116. The van der Waals surface area contributed by atoms with E-state index in [4.69, 9.17) is 14.6 Å². The van der Waals surface area contributed by atoms with E-state index in [1.165, 1.54) is 6.33 Å². The van der Waals surface area contributed by atoms with E-state index >= 15 is 0 Å². The van der Waals surface area contributed by atoms with Gasteiger partial charge in [-0.3, -0.25) is 4.79 Å². The first-order valence-electron chi connectivity index (χ1n) is 12.1. The zero-order valence-corrected chi connectivity index (χ0v) is 20.5. The standard InChI is InChI=1S/C27H25N7O3/c1-3-36-22-13-19(9-10-21(22)37-15-18-7-5-4-6-8-18)20-14-25(35)29-27-26(20)17(2)31-34(27)24-12-11-23-30-28-16-33(23)32-24/h4-13,16,20H,3,14-15H2,1-2H3,(H,29,35)/t20-/m1/s1. The fourth-order valence-corrected chi connectivity index (χ4v) is 4.69. The Balaban J connectivity index is 1.36. The molecule has 0 spiro atoms. The second kappa shape index (κ2) is 9.38. The Morgan fingerprint density at radius 2 is 1.89 bits per heavy atom. The zero-order valence-electron chi connectivity index (χ0n) is 20.5. The van der Waals surface area contributed by atoms with Gasteiger partial charge in [-0.15, -0.1) is 15.3 Å². The summed E-state index contributed by atoms with van der Waals surface area (Å²) in [6, 6.07) is 19.5. The highest BCUT2D eigenvalue weighted by molar-refractivity contribution is 5.95. The molecule has 186 valence electrons. The predicted octanol–water partition coefficient (Wildman–Crippen LogP) is 4.07. The van der Waals surface area contributed by atoms with Gasteiger partial charge in [0.1, 0.15) is 18.8 Å². The topological polar surface area (TPSA) is 108 Å². The molecule has 10 nitrogen and oxygen atoms in total. The fourth-order valence-electron chi connectivity index (χ4n) is 4.69. The van der Waals surface area contributed by atoms with Crippen molar-refractivity contribution in [2.75, 3.05) is 11.9 Å². The van der Waals surface area contributed by atoms with E-state index in [0.717, 1.165) is 22.4 Å². The maximum atomic E-state index is 12.9. The van der Waals surface area contributed by atoms with Crippen molar-refractivity contribution >= 4 is 17.4 Å². The number of ether oxygens (including phenoxy) is 2. The summed E-state index contributed by atoms with van der Waals surface area (Å²) in [5.74, 6) is 2.19. The molecule has 0 saturated carbocycles. The molecular weight excluding hydrogens is 470 g/mol. The van der Waals surface area contributed by atoms with E-state index in [0.29, 0.717) is 48.4 Å². The van der Waals surface area contributed by atoms with E-state index in [1.54, 1.807) is 15.3 Å². The number of nitrogens with one attached hydrogen (secondary N) is 1. The third kappa shape index (κ3) is 4.26. The monoisotopic (exact) mass is 495 g/mol. The molecule has 0 aliphatic carbocycles. The number of benzene rings is 2. The van der Waals surface area contributed by atoms with Crippen molar-refractivity contribution in [2.24, 2.45) is 0 Å². The van der Waals surface area contributed by atoms with Gasteiger partial charge in [0.15, 0.2) is 23.0 Å². The van der Waals surface area contributed by atoms with Crippen LogP contribution in [0.1, 0.15) is 41.6 Å². The number of hydrogen-bond acceptors (Lipinski definition) is 7. The van der Waals surface area contributed by atoms with Gasteiger partial charge in [0.2, 0.25) is 5.91 Å². The first kappa shape index (κ1) is 22.7. The summed E-state index contributed by atoms with van der Waals surface area (Å²) in [5.41, 5.74) is 4.42. The SMILES string of the molecule is CCOc1cc([C@H]2CC(=O)Nc3c2c(C)nn3-c2ccc3nncn3n2)ccc1OCc1ccccc1. The number of aromatic nitrogens is 6. The van der Waals surface area contributed by atoms with Crippen LogP contribution in [0.3, 0.4) is 0 Å². The molecule has 10 heteroatoms. The van der Waals surface area contributed by atoms with Crippen molar-refractivity contribution < 1.29 is 14.3 Å². The van der Waals surface area contributed by atoms with Crippen molar-refractivity contribution in [3.8, 4) is 17.3 Å². The first-order chi connectivity index (χ1) is 18.1. The molecule has 0 unspecified atom stereocenters. The van der Waals surface area contributed by atoms with E-state index in [-0.39, 0.29) is 11.8 Å². The highest BCUT2D eigenvalue weighted by atomic mass is 16.5. The van der Waals surface area contributed by atoms with Gasteiger partial charge in [-0.2, -0.15) is 14.3 Å². The van der Waals surface area contributed by atoms with Gasteiger partial charge in [-0.1, -0.05) is 36.4 Å². The lowest BCUT2D eigenvalue weighted by atomic mass is 9.85. The number of amides is 1. The number of aryl methyl sites for hydroxylation is 1. The fraction of sp³-hybridized carbons (Fsp3) is 0.222. The Bertz CT molecular complexity index is 1590. The number of carbonyl (C=O) groups excluding carboxylic acids is 1. The van der Waals surface area contributed by atoms with E-state index < -0.39 is 0 Å². The minimum absolute atomic E-state index is 0.0913. The Kier molecular flexibility index (Phi) is 5.76. The van der Waals surface area contributed by atoms with E-state index in [1.807, 2.05) is 68.4 Å². The van der Waals surface area contributed by atoms with E-state index in [9.17, 15) is 4.79 Å². The largest absolute Gasteiger partial charge is 0.490 e. The van der Waals surface area contributed by atoms with Crippen molar-refractivity contribution in [2.45, 2.75) is 32.8 Å². The molecule has 0 radical (unpaired) electrons. The van der Waals surface area contributed by atoms with Crippen LogP contribution in [0.4, 0.5) is 5.82 Å². The van der Waals surface area contributed by atoms with Gasteiger partial charge in [0.25, 0.3) is 0 Å². The highest BCUT2D eigenvalue weighted by Gasteiger charge is 2.33. The number of carbonyl (C=O) groups is 1. The van der Waals surface area contributed by atoms with Crippen LogP contribution in [-0.2, 0) is 11.4 Å². The van der Waals surface area contributed by atoms with Crippen molar-refractivity contribution in [1.82, 2.24) is 29.6 Å². The third-order valence-electron chi connectivity index (χ3n) is 6.37. The van der Waals surface area contributed by atoms with Gasteiger partial charge >= 0.3 is 0 Å². The minimum Gasteiger partial charge on any atom is -0.490 e. The summed E-state index contributed by atoms with van der Waals surface area (Å²) < 4.78 is 15.3. The molecule has 0 bridgehead atoms. The minimum atomic E-state index is -0.196. The molecule has 3 aromatic heterocycles. The van der Waals surface area contributed by atoms with Gasteiger partial charge < -0.3 is 14.8 Å². The summed E-state index contributed by atoms with van der Waals surface area (Å²) in [4.78, 5) is 12.9. The Labute approximate surface area is 212 Å². The maximum Gasteiger partial charge on any atom is 0.226 e. The highest BCUT2D eigenvalue weighted by Crippen LogP contribution is 2.42. The lowest BCUT2D eigenvalue weighted by Crippen LogP contribution is -2.25. The van der Waals surface area contributed by atoms with Crippen LogP contribution in [0.5, 0.6) is 11.5 Å². The van der Waals surface area contributed by atoms with E-state index in [2.05, 4.69) is 20.6 Å². The number of rotatable bonds is 7. The van der Waals surface area contributed by atoms with Crippen molar-refractivity contribution in [3.63, 3.8) is 0 Å².